The summed E-state index contributed by atoms with van der Waals surface area (Å²) >= 11 is 0. The predicted molar refractivity (Wildman–Crippen MR) is 72.0 cm³/mol. The van der Waals surface area contributed by atoms with Gasteiger partial charge in [0.05, 0.1) is 5.60 Å². The van der Waals surface area contributed by atoms with Crippen LogP contribution < -0.4 is 0 Å². The molecule has 0 radical (unpaired) electrons. The summed E-state index contributed by atoms with van der Waals surface area (Å²) in [5.74, 6) is 0.387. The van der Waals surface area contributed by atoms with Crippen LogP contribution in [0.25, 0.3) is 0 Å². The van der Waals surface area contributed by atoms with Crippen molar-refractivity contribution < 1.29 is 5.11 Å². The fourth-order valence-corrected chi connectivity index (χ4v) is 3.51. The maximum absolute atomic E-state index is 10.8. The molecule has 0 aliphatic heterocycles. The quantitative estimate of drug-likeness (QED) is 0.824. The maximum atomic E-state index is 10.8. The van der Waals surface area contributed by atoms with Gasteiger partial charge < -0.3 is 5.11 Å². The van der Waals surface area contributed by atoms with Gasteiger partial charge in [-0.25, -0.2) is 0 Å². The standard InChI is InChI=1S/C16H24O/c1-12-6-5-7-14(8-12)10-16(17)11-15(3,4)9-13(16)2/h5-8,13,17H,9-11H2,1-4H3. The minimum Gasteiger partial charge on any atom is -0.389 e. The van der Waals surface area contributed by atoms with E-state index in [0.29, 0.717) is 5.92 Å². The van der Waals surface area contributed by atoms with Crippen LogP contribution in [-0.2, 0) is 6.42 Å². The van der Waals surface area contributed by atoms with Gasteiger partial charge in [0.1, 0.15) is 0 Å². The molecule has 0 heterocycles. The average molecular weight is 232 g/mol. The normalized spacial score (nSPS) is 31.7. The lowest BCUT2D eigenvalue weighted by Crippen LogP contribution is -2.34. The molecule has 0 aromatic heterocycles. The number of rotatable bonds is 2. The van der Waals surface area contributed by atoms with Crippen LogP contribution in [0.5, 0.6) is 0 Å². The second-order valence-electron chi connectivity index (χ2n) is 6.72. The first-order chi connectivity index (χ1) is 7.81. The zero-order valence-electron chi connectivity index (χ0n) is 11.5. The Labute approximate surface area is 105 Å². The van der Waals surface area contributed by atoms with Crippen LogP contribution in [-0.4, -0.2) is 10.7 Å². The van der Waals surface area contributed by atoms with E-state index in [1.807, 2.05) is 0 Å². The van der Waals surface area contributed by atoms with E-state index in [2.05, 4.69) is 52.0 Å². The second-order valence-corrected chi connectivity index (χ2v) is 6.72. The van der Waals surface area contributed by atoms with E-state index in [1.165, 1.54) is 11.1 Å². The SMILES string of the molecule is Cc1cccc(CC2(O)CC(C)(C)CC2C)c1. The van der Waals surface area contributed by atoms with Gasteiger partial charge in [-0.2, -0.15) is 0 Å². The Balaban J connectivity index is 2.18. The molecule has 1 heteroatoms. The number of aryl methyl sites for hydroxylation is 1. The highest BCUT2D eigenvalue weighted by molar-refractivity contribution is 5.24. The van der Waals surface area contributed by atoms with Crippen molar-refractivity contribution in [3.05, 3.63) is 35.4 Å². The molecule has 2 rings (SSSR count). The fraction of sp³-hybridized carbons (Fsp3) is 0.625. The minimum atomic E-state index is -0.517. The lowest BCUT2D eigenvalue weighted by molar-refractivity contribution is 0.00445. The van der Waals surface area contributed by atoms with Crippen LogP contribution in [0.2, 0.25) is 0 Å². The number of hydrogen-bond acceptors (Lipinski definition) is 1. The highest BCUT2D eigenvalue weighted by Gasteiger charge is 2.47. The number of benzene rings is 1. The van der Waals surface area contributed by atoms with Crippen LogP contribution in [0.3, 0.4) is 0 Å². The largest absolute Gasteiger partial charge is 0.389 e. The molecule has 94 valence electrons. The van der Waals surface area contributed by atoms with E-state index in [4.69, 9.17) is 0 Å². The van der Waals surface area contributed by atoms with Crippen LogP contribution in [0.4, 0.5) is 0 Å². The third kappa shape index (κ3) is 2.71. The van der Waals surface area contributed by atoms with E-state index in [9.17, 15) is 5.11 Å². The van der Waals surface area contributed by atoms with Gasteiger partial charge in [0.25, 0.3) is 0 Å². The van der Waals surface area contributed by atoms with Crippen molar-refractivity contribution >= 4 is 0 Å². The maximum Gasteiger partial charge on any atom is 0.0718 e. The van der Waals surface area contributed by atoms with Gasteiger partial charge in [-0.1, -0.05) is 50.6 Å². The van der Waals surface area contributed by atoms with Gasteiger partial charge in [0, 0.05) is 6.42 Å². The molecule has 2 atom stereocenters. The molecule has 0 saturated heterocycles. The third-order valence-electron chi connectivity index (χ3n) is 4.15. The van der Waals surface area contributed by atoms with Crippen molar-refractivity contribution in [1.82, 2.24) is 0 Å². The summed E-state index contributed by atoms with van der Waals surface area (Å²) in [5.41, 5.74) is 2.29. The van der Waals surface area contributed by atoms with Crippen LogP contribution >= 0.6 is 0 Å². The third-order valence-corrected chi connectivity index (χ3v) is 4.15. The summed E-state index contributed by atoms with van der Waals surface area (Å²) in [6.07, 6.45) is 2.82. The molecular formula is C16H24O. The molecule has 2 unspecified atom stereocenters. The summed E-state index contributed by atoms with van der Waals surface area (Å²) in [7, 11) is 0. The van der Waals surface area contributed by atoms with Crippen molar-refractivity contribution in [2.75, 3.05) is 0 Å². The molecule has 1 aromatic carbocycles. The molecule has 1 fully saturated rings. The Kier molecular flexibility index (Phi) is 3.07. The lowest BCUT2D eigenvalue weighted by Gasteiger charge is -2.28. The van der Waals surface area contributed by atoms with Crippen molar-refractivity contribution in [3.8, 4) is 0 Å². The highest BCUT2D eigenvalue weighted by atomic mass is 16.3. The fourth-order valence-electron chi connectivity index (χ4n) is 3.51. The summed E-state index contributed by atoms with van der Waals surface area (Å²) in [6.45, 7) is 8.82. The molecule has 1 aliphatic rings. The Bertz CT molecular complexity index is 408. The smallest absolute Gasteiger partial charge is 0.0718 e. The van der Waals surface area contributed by atoms with E-state index in [0.717, 1.165) is 19.3 Å². The highest BCUT2D eigenvalue weighted by Crippen LogP contribution is 2.48. The molecule has 0 amide bonds. The van der Waals surface area contributed by atoms with Gasteiger partial charge in [-0.05, 0) is 36.7 Å². The summed E-state index contributed by atoms with van der Waals surface area (Å²) in [4.78, 5) is 0. The second kappa shape index (κ2) is 4.13. The Morgan fingerprint density at radius 3 is 2.59 bits per heavy atom. The van der Waals surface area contributed by atoms with Crippen LogP contribution in [0.15, 0.2) is 24.3 Å². The first-order valence-electron chi connectivity index (χ1n) is 6.59. The van der Waals surface area contributed by atoms with Crippen molar-refractivity contribution in [3.63, 3.8) is 0 Å². The Morgan fingerprint density at radius 2 is 2.06 bits per heavy atom. The summed E-state index contributed by atoms with van der Waals surface area (Å²) in [5, 5.41) is 10.8. The molecule has 1 aliphatic carbocycles. The van der Waals surface area contributed by atoms with Gasteiger partial charge in [0.2, 0.25) is 0 Å². The first-order valence-corrected chi connectivity index (χ1v) is 6.59. The van der Waals surface area contributed by atoms with Crippen molar-refractivity contribution in [1.29, 1.82) is 0 Å². The molecule has 0 bridgehead atoms. The number of hydrogen-bond donors (Lipinski definition) is 1. The van der Waals surface area contributed by atoms with Gasteiger partial charge in [-0.15, -0.1) is 0 Å². The first kappa shape index (κ1) is 12.6. The number of aliphatic hydroxyl groups is 1. The van der Waals surface area contributed by atoms with E-state index < -0.39 is 5.60 Å². The average Bonchev–Trinajstić information content (AvgIpc) is 2.34. The zero-order chi connectivity index (χ0) is 12.7. The zero-order valence-corrected chi connectivity index (χ0v) is 11.5. The minimum absolute atomic E-state index is 0.276. The van der Waals surface area contributed by atoms with E-state index in [1.54, 1.807) is 0 Å². The molecule has 1 saturated carbocycles. The van der Waals surface area contributed by atoms with Gasteiger partial charge >= 0.3 is 0 Å². The van der Waals surface area contributed by atoms with E-state index >= 15 is 0 Å². The Morgan fingerprint density at radius 1 is 1.35 bits per heavy atom. The molecular weight excluding hydrogens is 208 g/mol. The van der Waals surface area contributed by atoms with Crippen molar-refractivity contribution in [2.24, 2.45) is 11.3 Å². The van der Waals surface area contributed by atoms with Gasteiger partial charge in [0.15, 0.2) is 0 Å². The molecule has 17 heavy (non-hydrogen) atoms. The van der Waals surface area contributed by atoms with Crippen LogP contribution in [0.1, 0.15) is 44.7 Å². The molecule has 1 aromatic rings. The molecule has 0 spiro atoms. The van der Waals surface area contributed by atoms with Crippen LogP contribution in [0, 0.1) is 18.3 Å². The summed E-state index contributed by atoms with van der Waals surface area (Å²) in [6, 6.07) is 8.51. The lowest BCUT2D eigenvalue weighted by atomic mass is 9.84. The monoisotopic (exact) mass is 232 g/mol. The van der Waals surface area contributed by atoms with Crippen molar-refractivity contribution in [2.45, 2.75) is 52.6 Å². The summed E-state index contributed by atoms with van der Waals surface area (Å²) < 4.78 is 0. The van der Waals surface area contributed by atoms with E-state index in [-0.39, 0.29) is 5.41 Å². The Hall–Kier alpha value is -0.820. The van der Waals surface area contributed by atoms with Gasteiger partial charge in [-0.3, -0.25) is 0 Å². The topological polar surface area (TPSA) is 20.2 Å². The molecule has 1 nitrogen and oxygen atoms in total. The predicted octanol–water partition coefficient (Wildman–Crippen LogP) is 3.72. The molecule has 1 N–H and O–H groups in total.